The van der Waals surface area contributed by atoms with Crippen molar-refractivity contribution in [3.63, 3.8) is 0 Å². The lowest BCUT2D eigenvalue weighted by molar-refractivity contribution is -0.113. The number of benzene rings is 1. The second-order valence-corrected chi connectivity index (χ2v) is 4.61. The van der Waals surface area contributed by atoms with Crippen LogP contribution in [0, 0.1) is 12.3 Å². The maximum atomic E-state index is 11.4. The van der Waals surface area contributed by atoms with Gasteiger partial charge in [0, 0.05) is 0 Å². The molecule has 0 spiro atoms. The summed E-state index contributed by atoms with van der Waals surface area (Å²) in [6, 6.07) is 5.38. The molecule has 16 heavy (non-hydrogen) atoms. The Bertz CT molecular complexity index is 423. The largest absolute Gasteiger partial charge is 0.379 e. The van der Waals surface area contributed by atoms with E-state index in [-0.39, 0.29) is 16.8 Å². The topological polar surface area (TPSA) is 79.0 Å². The van der Waals surface area contributed by atoms with E-state index in [0.717, 1.165) is 17.3 Å². The lowest BCUT2D eigenvalue weighted by Gasteiger charge is -2.07. The van der Waals surface area contributed by atoms with E-state index in [4.69, 9.17) is 22.7 Å². The quantitative estimate of drug-likeness (QED) is 0.574. The molecule has 0 unspecified atom stereocenters. The number of carbonyl (C=O) groups excluding carboxylic acids is 1. The van der Waals surface area contributed by atoms with Crippen LogP contribution in [-0.4, -0.2) is 16.8 Å². The van der Waals surface area contributed by atoms with Crippen molar-refractivity contribution in [1.29, 1.82) is 5.41 Å². The standard InChI is InChI=1S/C10H12ClN3OS/c1-6-2-3-8(7(11)4-6)14-9(15)5-16-10(12)13/h2-4H,5H2,1H3,(H3,12,13)(H,14,15). The van der Waals surface area contributed by atoms with E-state index in [1.807, 2.05) is 13.0 Å². The molecule has 0 aliphatic carbocycles. The van der Waals surface area contributed by atoms with Gasteiger partial charge in [-0.2, -0.15) is 0 Å². The smallest absolute Gasteiger partial charge is 0.234 e. The number of halogens is 1. The summed E-state index contributed by atoms with van der Waals surface area (Å²) in [6.07, 6.45) is 0. The molecular weight excluding hydrogens is 246 g/mol. The zero-order valence-corrected chi connectivity index (χ0v) is 10.3. The predicted molar refractivity (Wildman–Crippen MR) is 69.2 cm³/mol. The molecule has 4 nitrogen and oxygen atoms in total. The van der Waals surface area contributed by atoms with Crippen molar-refractivity contribution in [1.82, 2.24) is 0 Å². The van der Waals surface area contributed by atoms with Crippen molar-refractivity contribution in [2.24, 2.45) is 5.73 Å². The second-order valence-electron chi connectivity index (χ2n) is 3.18. The number of thioether (sulfide) groups is 1. The molecule has 0 radical (unpaired) electrons. The van der Waals surface area contributed by atoms with E-state index in [1.165, 1.54) is 0 Å². The fourth-order valence-corrected chi connectivity index (χ4v) is 1.69. The van der Waals surface area contributed by atoms with E-state index in [0.29, 0.717) is 10.7 Å². The number of hydrogen-bond donors (Lipinski definition) is 3. The summed E-state index contributed by atoms with van der Waals surface area (Å²) in [5, 5.41) is 10.0. The molecular formula is C10H12ClN3OS. The monoisotopic (exact) mass is 257 g/mol. The first-order chi connectivity index (χ1) is 7.49. The number of anilines is 1. The van der Waals surface area contributed by atoms with Crippen molar-refractivity contribution >= 4 is 40.1 Å². The molecule has 1 aromatic rings. The molecule has 1 aromatic carbocycles. The average Bonchev–Trinajstić information content (AvgIpc) is 2.19. The lowest BCUT2D eigenvalue weighted by atomic mass is 10.2. The Kier molecular flexibility index (Phi) is 4.64. The molecule has 0 bridgehead atoms. The van der Waals surface area contributed by atoms with Crippen LogP contribution in [0.3, 0.4) is 0 Å². The van der Waals surface area contributed by atoms with Gasteiger partial charge in [-0.3, -0.25) is 10.2 Å². The van der Waals surface area contributed by atoms with Gasteiger partial charge < -0.3 is 11.1 Å². The van der Waals surface area contributed by atoms with Gasteiger partial charge >= 0.3 is 0 Å². The Morgan fingerprint density at radius 2 is 2.31 bits per heavy atom. The molecule has 0 aliphatic rings. The van der Waals surface area contributed by atoms with Crippen LogP contribution in [0.5, 0.6) is 0 Å². The molecule has 0 heterocycles. The maximum absolute atomic E-state index is 11.4. The summed E-state index contributed by atoms with van der Waals surface area (Å²) in [7, 11) is 0. The number of aryl methyl sites for hydroxylation is 1. The first-order valence-corrected chi connectivity index (χ1v) is 5.88. The van der Waals surface area contributed by atoms with E-state index in [9.17, 15) is 4.79 Å². The Morgan fingerprint density at radius 3 is 2.88 bits per heavy atom. The van der Waals surface area contributed by atoms with Gasteiger partial charge in [0.2, 0.25) is 5.91 Å². The number of hydrogen-bond acceptors (Lipinski definition) is 3. The number of carbonyl (C=O) groups is 1. The second kappa shape index (κ2) is 5.77. The molecule has 0 aliphatic heterocycles. The molecule has 0 aromatic heterocycles. The number of nitrogens with two attached hydrogens (primary N) is 1. The predicted octanol–water partition coefficient (Wildman–Crippen LogP) is 2.21. The fraction of sp³-hybridized carbons (Fsp3) is 0.200. The Balaban J connectivity index is 2.59. The molecule has 0 atom stereocenters. The molecule has 6 heteroatoms. The minimum absolute atomic E-state index is 0.0786. The highest BCUT2D eigenvalue weighted by atomic mass is 35.5. The van der Waals surface area contributed by atoms with Crippen LogP contribution in [0.4, 0.5) is 5.69 Å². The minimum Gasteiger partial charge on any atom is -0.379 e. The summed E-state index contributed by atoms with van der Waals surface area (Å²) < 4.78 is 0. The van der Waals surface area contributed by atoms with Gasteiger partial charge in [-0.25, -0.2) is 0 Å². The average molecular weight is 258 g/mol. The van der Waals surface area contributed by atoms with Crippen molar-refractivity contribution in [3.8, 4) is 0 Å². The van der Waals surface area contributed by atoms with Crippen molar-refractivity contribution in [3.05, 3.63) is 28.8 Å². The Morgan fingerprint density at radius 1 is 1.62 bits per heavy atom. The highest BCUT2D eigenvalue weighted by molar-refractivity contribution is 8.14. The van der Waals surface area contributed by atoms with Gasteiger partial charge in [0.15, 0.2) is 5.17 Å². The third kappa shape index (κ3) is 4.12. The van der Waals surface area contributed by atoms with Crippen LogP contribution in [-0.2, 0) is 4.79 Å². The third-order valence-electron chi connectivity index (χ3n) is 1.76. The van der Waals surface area contributed by atoms with E-state index >= 15 is 0 Å². The molecule has 1 rings (SSSR count). The molecule has 86 valence electrons. The van der Waals surface area contributed by atoms with Crippen molar-refractivity contribution < 1.29 is 4.79 Å². The molecule has 4 N–H and O–H groups in total. The summed E-state index contributed by atoms with van der Waals surface area (Å²) in [6.45, 7) is 1.92. The highest BCUT2D eigenvalue weighted by Gasteiger charge is 2.06. The molecule has 0 saturated heterocycles. The number of nitrogens with one attached hydrogen (secondary N) is 2. The SMILES string of the molecule is Cc1ccc(NC(=O)CSC(=N)N)c(Cl)c1. The summed E-state index contributed by atoms with van der Waals surface area (Å²) in [5.41, 5.74) is 6.72. The first kappa shape index (κ1) is 12.9. The molecule has 1 amide bonds. The van der Waals surface area contributed by atoms with E-state index in [2.05, 4.69) is 5.32 Å². The van der Waals surface area contributed by atoms with Crippen LogP contribution in [0.2, 0.25) is 5.02 Å². The highest BCUT2D eigenvalue weighted by Crippen LogP contribution is 2.22. The van der Waals surface area contributed by atoms with Crippen molar-refractivity contribution in [2.75, 3.05) is 11.1 Å². The zero-order valence-electron chi connectivity index (χ0n) is 8.71. The Labute approximate surface area is 103 Å². The van der Waals surface area contributed by atoms with Gasteiger partial charge in [-0.15, -0.1) is 0 Å². The van der Waals surface area contributed by atoms with Gasteiger partial charge in [-0.05, 0) is 24.6 Å². The number of rotatable bonds is 3. The Hall–Kier alpha value is -1.20. The minimum atomic E-state index is -0.231. The lowest BCUT2D eigenvalue weighted by Crippen LogP contribution is -2.17. The third-order valence-corrected chi connectivity index (χ3v) is 2.79. The molecule has 0 fully saturated rings. The first-order valence-electron chi connectivity index (χ1n) is 4.52. The van der Waals surface area contributed by atoms with Gasteiger partial charge in [0.25, 0.3) is 0 Å². The van der Waals surface area contributed by atoms with Crippen LogP contribution >= 0.6 is 23.4 Å². The zero-order chi connectivity index (χ0) is 12.1. The van der Waals surface area contributed by atoms with Crippen LogP contribution in [0.15, 0.2) is 18.2 Å². The van der Waals surface area contributed by atoms with Gasteiger partial charge in [0.1, 0.15) is 0 Å². The van der Waals surface area contributed by atoms with E-state index < -0.39 is 0 Å². The van der Waals surface area contributed by atoms with Crippen LogP contribution in [0.1, 0.15) is 5.56 Å². The maximum Gasteiger partial charge on any atom is 0.234 e. The summed E-state index contributed by atoms with van der Waals surface area (Å²) >= 11 is 6.92. The summed E-state index contributed by atoms with van der Waals surface area (Å²) in [5.74, 6) is -0.120. The van der Waals surface area contributed by atoms with Crippen molar-refractivity contribution in [2.45, 2.75) is 6.92 Å². The number of amidine groups is 1. The molecule has 0 saturated carbocycles. The fourth-order valence-electron chi connectivity index (χ4n) is 1.05. The van der Waals surface area contributed by atoms with Crippen LogP contribution in [0.25, 0.3) is 0 Å². The number of amides is 1. The van der Waals surface area contributed by atoms with E-state index in [1.54, 1.807) is 12.1 Å². The summed E-state index contributed by atoms with van der Waals surface area (Å²) in [4.78, 5) is 11.4. The van der Waals surface area contributed by atoms with Gasteiger partial charge in [0.05, 0.1) is 16.5 Å². The van der Waals surface area contributed by atoms with Crippen LogP contribution < -0.4 is 11.1 Å². The van der Waals surface area contributed by atoms with Gasteiger partial charge in [-0.1, -0.05) is 29.4 Å². The normalized spacial score (nSPS) is 9.88.